The van der Waals surface area contributed by atoms with Gasteiger partial charge in [0, 0.05) is 24.7 Å². The van der Waals surface area contributed by atoms with E-state index >= 15 is 0 Å². The van der Waals surface area contributed by atoms with Crippen LogP contribution >= 0.6 is 11.5 Å². The number of nitrogen functional groups attached to an aromatic ring is 1. The number of nitrogens with two attached hydrogens (primary N) is 1. The van der Waals surface area contributed by atoms with Crippen molar-refractivity contribution in [1.82, 2.24) is 9.27 Å². The topological polar surface area (TPSA) is 54.2 Å². The average Bonchev–Trinajstić information content (AvgIpc) is 2.81. The van der Waals surface area contributed by atoms with Crippen LogP contribution in [0.25, 0.3) is 0 Å². The first-order valence-corrected chi connectivity index (χ1v) is 8.24. The maximum absolute atomic E-state index is 5.82. The van der Waals surface area contributed by atoms with E-state index in [-0.39, 0.29) is 0 Å². The summed E-state index contributed by atoms with van der Waals surface area (Å²) in [5.74, 6) is 0.652. The molecule has 1 aliphatic heterocycles. The van der Waals surface area contributed by atoms with Crippen molar-refractivity contribution in [1.29, 1.82) is 0 Å². The van der Waals surface area contributed by atoms with Crippen LogP contribution in [0.15, 0.2) is 30.3 Å². The molecule has 0 radical (unpaired) electrons. The Bertz CT molecular complexity index is 581. The van der Waals surface area contributed by atoms with E-state index in [1.54, 1.807) is 0 Å². The monoisotopic (exact) mass is 302 g/mol. The van der Waals surface area contributed by atoms with Gasteiger partial charge in [-0.25, -0.2) is 0 Å². The van der Waals surface area contributed by atoms with Crippen LogP contribution in [-0.4, -0.2) is 28.4 Å². The maximum Gasteiger partial charge on any atom is 0.142 e. The van der Waals surface area contributed by atoms with Crippen LogP contribution in [0.1, 0.15) is 24.0 Å². The summed E-state index contributed by atoms with van der Waals surface area (Å²) in [5, 5.41) is 4.74. The summed E-state index contributed by atoms with van der Waals surface area (Å²) in [6, 6.07) is 11.2. The SMILES string of the molecule is Cc1c(N)nsc1NC1CCCN(Cc2ccccc2)C1. The highest BCUT2D eigenvalue weighted by molar-refractivity contribution is 7.10. The number of piperidine rings is 1. The number of hydrogen-bond acceptors (Lipinski definition) is 5. The molecule has 21 heavy (non-hydrogen) atoms. The molecule has 1 aromatic carbocycles. The fourth-order valence-electron chi connectivity index (χ4n) is 2.83. The van der Waals surface area contributed by atoms with Crippen molar-refractivity contribution in [3.8, 4) is 0 Å². The molecule has 4 nitrogen and oxygen atoms in total. The smallest absolute Gasteiger partial charge is 0.142 e. The molecule has 1 fully saturated rings. The Morgan fingerprint density at radius 3 is 2.90 bits per heavy atom. The summed E-state index contributed by atoms with van der Waals surface area (Å²) >= 11 is 1.47. The molecule has 0 amide bonds. The molecule has 1 aliphatic rings. The molecule has 0 bridgehead atoms. The minimum atomic E-state index is 0.487. The van der Waals surface area contributed by atoms with E-state index in [2.05, 4.69) is 44.9 Å². The van der Waals surface area contributed by atoms with Crippen LogP contribution < -0.4 is 11.1 Å². The summed E-state index contributed by atoms with van der Waals surface area (Å²) < 4.78 is 4.21. The van der Waals surface area contributed by atoms with Crippen LogP contribution in [0.2, 0.25) is 0 Å². The first kappa shape index (κ1) is 14.4. The van der Waals surface area contributed by atoms with E-state index in [0.717, 1.165) is 23.7 Å². The fraction of sp³-hybridized carbons (Fsp3) is 0.438. The number of nitrogens with one attached hydrogen (secondary N) is 1. The van der Waals surface area contributed by atoms with Gasteiger partial charge in [-0.1, -0.05) is 30.3 Å². The number of rotatable bonds is 4. The molecule has 1 atom stereocenters. The number of benzene rings is 1. The molecule has 2 heterocycles. The van der Waals surface area contributed by atoms with Crippen LogP contribution in [-0.2, 0) is 6.54 Å². The fourth-order valence-corrected chi connectivity index (χ4v) is 3.61. The average molecular weight is 302 g/mol. The predicted molar refractivity (Wildman–Crippen MR) is 89.6 cm³/mol. The maximum atomic E-state index is 5.82. The van der Waals surface area contributed by atoms with Gasteiger partial charge in [0.25, 0.3) is 0 Å². The highest BCUT2D eigenvalue weighted by atomic mass is 32.1. The van der Waals surface area contributed by atoms with Crippen molar-refractivity contribution in [2.75, 3.05) is 24.1 Å². The van der Waals surface area contributed by atoms with Gasteiger partial charge in [0.2, 0.25) is 0 Å². The van der Waals surface area contributed by atoms with Crippen molar-refractivity contribution >= 4 is 22.4 Å². The van der Waals surface area contributed by atoms with Crippen LogP contribution in [0, 0.1) is 6.92 Å². The molecule has 1 saturated heterocycles. The van der Waals surface area contributed by atoms with E-state index in [1.807, 2.05) is 6.92 Å². The molecule has 0 spiro atoms. The van der Waals surface area contributed by atoms with Crippen LogP contribution in [0.3, 0.4) is 0 Å². The van der Waals surface area contributed by atoms with E-state index in [9.17, 15) is 0 Å². The first-order valence-electron chi connectivity index (χ1n) is 7.47. The molecule has 2 aromatic rings. The Morgan fingerprint density at radius 2 is 2.19 bits per heavy atom. The minimum Gasteiger partial charge on any atom is -0.383 e. The normalized spacial score (nSPS) is 19.6. The quantitative estimate of drug-likeness (QED) is 0.911. The second kappa shape index (κ2) is 6.45. The molecule has 1 unspecified atom stereocenters. The van der Waals surface area contributed by atoms with Gasteiger partial charge in [0.15, 0.2) is 0 Å². The van der Waals surface area contributed by atoms with Crippen molar-refractivity contribution < 1.29 is 0 Å². The van der Waals surface area contributed by atoms with Gasteiger partial charge < -0.3 is 11.1 Å². The number of nitrogens with zero attached hydrogens (tertiary/aromatic N) is 2. The highest BCUT2D eigenvalue weighted by Crippen LogP contribution is 2.27. The Kier molecular flexibility index (Phi) is 4.41. The molecule has 3 rings (SSSR count). The summed E-state index contributed by atoms with van der Waals surface area (Å²) in [7, 11) is 0. The Labute approximate surface area is 130 Å². The van der Waals surface area contributed by atoms with Gasteiger partial charge in [-0.15, -0.1) is 0 Å². The predicted octanol–water partition coefficient (Wildman–Crippen LogP) is 3.11. The van der Waals surface area contributed by atoms with E-state index in [0.29, 0.717) is 11.9 Å². The zero-order valence-electron chi connectivity index (χ0n) is 12.4. The summed E-state index contributed by atoms with van der Waals surface area (Å²) in [5.41, 5.74) is 8.29. The van der Waals surface area contributed by atoms with Gasteiger partial charge in [-0.2, -0.15) is 4.37 Å². The minimum absolute atomic E-state index is 0.487. The second-order valence-corrected chi connectivity index (χ2v) is 6.50. The summed E-state index contributed by atoms with van der Waals surface area (Å²) in [4.78, 5) is 2.52. The number of anilines is 2. The molecule has 0 saturated carbocycles. The first-order chi connectivity index (χ1) is 10.2. The lowest BCUT2D eigenvalue weighted by atomic mass is 10.0. The summed E-state index contributed by atoms with van der Waals surface area (Å²) in [6.45, 7) is 5.32. The van der Waals surface area contributed by atoms with Gasteiger partial charge in [0.1, 0.15) is 10.8 Å². The van der Waals surface area contributed by atoms with Gasteiger partial charge in [-0.3, -0.25) is 4.90 Å². The number of hydrogen-bond donors (Lipinski definition) is 2. The van der Waals surface area contributed by atoms with Crippen LogP contribution in [0.4, 0.5) is 10.8 Å². The van der Waals surface area contributed by atoms with E-state index in [4.69, 9.17) is 5.73 Å². The van der Waals surface area contributed by atoms with Crippen molar-refractivity contribution in [3.63, 3.8) is 0 Å². The molecule has 1 aromatic heterocycles. The lowest BCUT2D eigenvalue weighted by Gasteiger charge is -2.33. The number of likely N-dealkylation sites (tertiary alicyclic amines) is 1. The Morgan fingerprint density at radius 1 is 1.38 bits per heavy atom. The third-order valence-corrected chi connectivity index (χ3v) is 4.94. The molecule has 0 aliphatic carbocycles. The molecular weight excluding hydrogens is 280 g/mol. The Hall–Kier alpha value is -1.59. The van der Waals surface area contributed by atoms with Gasteiger partial charge in [-0.05, 0) is 43.4 Å². The van der Waals surface area contributed by atoms with Gasteiger partial charge >= 0.3 is 0 Å². The van der Waals surface area contributed by atoms with E-state index < -0.39 is 0 Å². The van der Waals surface area contributed by atoms with Crippen LogP contribution in [0.5, 0.6) is 0 Å². The zero-order valence-corrected chi connectivity index (χ0v) is 13.2. The molecule has 112 valence electrons. The molecular formula is C16H22N4S. The Balaban J connectivity index is 1.59. The third kappa shape index (κ3) is 3.54. The van der Waals surface area contributed by atoms with Gasteiger partial charge in [0.05, 0.1) is 0 Å². The summed E-state index contributed by atoms with van der Waals surface area (Å²) in [6.07, 6.45) is 2.44. The lowest BCUT2D eigenvalue weighted by Crippen LogP contribution is -2.41. The van der Waals surface area contributed by atoms with E-state index in [1.165, 1.54) is 36.5 Å². The zero-order chi connectivity index (χ0) is 14.7. The van der Waals surface area contributed by atoms with Crippen molar-refractivity contribution in [3.05, 3.63) is 41.5 Å². The highest BCUT2D eigenvalue weighted by Gasteiger charge is 2.21. The van der Waals surface area contributed by atoms with Crippen molar-refractivity contribution in [2.45, 2.75) is 32.4 Å². The largest absolute Gasteiger partial charge is 0.383 e. The molecule has 5 heteroatoms. The lowest BCUT2D eigenvalue weighted by molar-refractivity contribution is 0.208. The standard InChI is InChI=1S/C16H22N4S/c1-12-15(17)19-21-16(12)18-14-8-5-9-20(11-14)10-13-6-3-2-4-7-13/h2-4,6-7,14,18H,5,8-11H2,1H3,(H2,17,19). The van der Waals surface area contributed by atoms with Crippen molar-refractivity contribution in [2.24, 2.45) is 0 Å². The second-order valence-electron chi connectivity index (χ2n) is 5.73. The molecule has 3 N–H and O–H groups in total. The number of aromatic nitrogens is 1. The third-order valence-electron chi connectivity index (χ3n) is 4.05.